The van der Waals surface area contributed by atoms with Crippen LogP contribution < -0.4 is 4.74 Å². The van der Waals surface area contributed by atoms with Crippen molar-refractivity contribution in [2.75, 3.05) is 7.11 Å². The van der Waals surface area contributed by atoms with E-state index in [2.05, 4.69) is 9.97 Å². The van der Waals surface area contributed by atoms with Gasteiger partial charge in [0.1, 0.15) is 5.75 Å². The Bertz CT molecular complexity index is 1200. The summed E-state index contributed by atoms with van der Waals surface area (Å²) in [4.78, 5) is 20.5. The molecule has 0 atom stereocenters. The fourth-order valence-corrected chi connectivity index (χ4v) is 3.48. The van der Waals surface area contributed by atoms with E-state index in [4.69, 9.17) is 16.3 Å². The van der Waals surface area contributed by atoms with E-state index in [1.165, 1.54) is 0 Å². The zero-order valence-electron chi connectivity index (χ0n) is 14.7. The average Bonchev–Trinajstić information content (AvgIpc) is 2.91. The summed E-state index contributed by atoms with van der Waals surface area (Å²) in [5.41, 5.74) is 3.04. The summed E-state index contributed by atoms with van der Waals surface area (Å²) in [5.74, 6) is 0.234. The fourth-order valence-electron chi connectivity index (χ4n) is 3.32. The van der Waals surface area contributed by atoms with Crippen LogP contribution in [0.1, 0.15) is 11.3 Å². The number of hydrogen-bond donors (Lipinski definition) is 1. The lowest BCUT2D eigenvalue weighted by molar-refractivity contribution is -0.136. The maximum atomic E-state index is 11.4. The van der Waals surface area contributed by atoms with Gasteiger partial charge in [-0.3, -0.25) is 9.36 Å². The first-order valence-electron chi connectivity index (χ1n) is 8.30. The molecule has 0 fully saturated rings. The summed E-state index contributed by atoms with van der Waals surface area (Å²) in [6.45, 7) is 1.87. The van der Waals surface area contributed by atoms with Gasteiger partial charge in [0.05, 0.1) is 24.6 Å². The number of aliphatic carboxylic acids is 1. The van der Waals surface area contributed by atoms with Crippen LogP contribution in [0.3, 0.4) is 0 Å². The first-order chi connectivity index (χ1) is 13.0. The molecule has 2 heterocycles. The molecule has 2 aromatic carbocycles. The van der Waals surface area contributed by atoms with Crippen LogP contribution in [-0.2, 0) is 11.2 Å². The van der Waals surface area contributed by atoms with Crippen LogP contribution in [0.25, 0.3) is 27.8 Å². The number of fused-ring (bicyclic) bond motifs is 2. The number of halogens is 1. The highest BCUT2D eigenvalue weighted by Gasteiger charge is 2.19. The summed E-state index contributed by atoms with van der Waals surface area (Å²) in [6, 6.07) is 11.0. The van der Waals surface area contributed by atoms with E-state index < -0.39 is 5.97 Å². The highest BCUT2D eigenvalue weighted by molar-refractivity contribution is 6.31. The SMILES string of the molecule is COc1ccc2c(c1)c(CC(=O)O)c(C)n2-c1ncc2ccc(Cl)cc2n1. The second-order valence-corrected chi connectivity index (χ2v) is 6.66. The molecule has 0 saturated carbocycles. The largest absolute Gasteiger partial charge is 0.497 e. The standard InChI is InChI=1S/C20H16ClN3O3/c1-11-15(9-19(25)26)16-8-14(27-2)5-6-18(16)24(11)20-22-10-12-3-4-13(21)7-17(12)23-20/h3-8,10H,9H2,1-2H3,(H,25,26). The maximum Gasteiger partial charge on any atom is 0.307 e. The lowest BCUT2D eigenvalue weighted by atomic mass is 10.1. The van der Waals surface area contributed by atoms with Crippen LogP contribution in [0.4, 0.5) is 0 Å². The fraction of sp³-hybridized carbons (Fsp3) is 0.150. The van der Waals surface area contributed by atoms with Gasteiger partial charge in [-0.2, -0.15) is 0 Å². The van der Waals surface area contributed by atoms with Crippen molar-refractivity contribution in [3.63, 3.8) is 0 Å². The molecule has 4 rings (SSSR count). The van der Waals surface area contributed by atoms with Crippen LogP contribution >= 0.6 is 11.6 Å². The van der Waals surface area contributed by atoms with Gasteiger partial charge in [0, 0.05) is 27.7 Å². The van der Waals surface area contributed by atoms with Crippen LogP contribution in [0.15, 0.2) is 42.6 Å². The average molecular weight is 382 g/mol. The molecule has 4 aromatic rings. The van der Waals surface area contributed by atoms with Gasteiger partial charge in [0.2, 0.25) is 5.95 Å². The quantitative estimate of drug-likeness (QED) is 0.574. The van der Waals surface area contributed by atoms with Crippen LogP contribution in [0, 0.1) is 6.92 Å². The second-order valence-electron chi connectivity index (χ2n) is 6.23. The van der Waals surface area contributed by atoms with Crippen molar-refractivity contribution in [2.24, 2.45) is 0 Å². The predicted molar refractivity (Wildman–Crippen MR) is 104 cm³/mol. The zero-order chi connectivity index (χ0) is 19.1. The lowest BCUT2D eigenvalue weighted by Crippen LogP contribution is -2.05. The molecule has 1 N–H and O–H groups in total. The topological polar surface area (TPSA) is 77.2 Å². The Kier molecular flexibility index (Phi) is 4.20. The summed E-state index contributed by atoms with van der Waals surface area (Å²) in [6.07, 6.45) is 1.64. The molecule has 0 saturated heterocycles. The van der Waals surface area contributed by atoms with E-state index in [-0.39, 0.29) is 6.42 Å². The summed E-state index contributed by atoms with van der Waals surface area (Å²) < 4.78 is 7.17. The summed E-state index contributed by atoms with van der Waals surface area (Å²) >= 11 is 6.09. The Morgan fingerprint density at radius 2 is 2.07 bits per heavy atom. The molecular formula is C20H16ClN3O3. The van der Waals surface area contributed by atoms with Gasteiger partial charge in [0.25, 0.3) is 0 Å². The number of carboxylic acids is 1. The van der Waals surface area contributed by atoms with Gasteiger partial charge < -0.3 is 9.84 Å². The molecule has 6 nitrogen and oxygen atoms in total. The number of ether oxygens (including phenoxy) is 1. The number of methoxy groups -OCH3 is 1. The summed E-state index contributed by atoms with van der Waals surface area (Å²) in [5, 5.41) is 11.6. The maximum absolute atomic E-state index is 11.4. The molecule has 0 radical (unpaired) electrons. The van der Waals surface area contributed by atoms with E-state index in [9.17, 15) is 9.90 Å². The molecule has 136 valence electrons. The highest BCUT2D eigenvalue weighted by atomic mass is 35.5. The molecule has 0 spiro atoms. The predicted octanol–water partition coefficient (Wildman–Crippen LogP) is 4.17. The van der Waals surface area contributed by atoms with Gasteiger partial charge in [0.15, 0.2) is 0 Å². The molecule has 0 unspecified atom stereocenters. The smallest absolute Gasteiger partial charge is 0.307 e. The number of benzene rings is 2. The van der Waals surface area contributed by atoms with Gasteiger partial charge in [-0.25, -0.2) is 9.97 Å². The first-order valence-corrected chi connectivity index (χ1v) is 8.68. The first kappa shape index (κ1) is 17.3. The van der Waals surface area contributed by atoms with Crippen molar-refractivity contribution in [3.8, 4) is 11.7 Å². The molecule has 2 aromatic heterocycles. The molecule has 0 bridgehead atoms. The number of rotatable bonds is 4. The normalized spacial score (nSPS) is 11.2. The van der Waals surface area contributed by atoms with Gasteiger partial charge >= 0.3 is 5.97 Å². The van der Waals surface area contributed by atoms with Gasteiger partial charge in [-0.15, -0.1) is 0 Å². The second kappa shape index (κ2) is 6.55. The lowest BCUT2D eigenvalue weighted by Gasteiger charge is -2.08. The molecule has 0 aliphatic rings. The Morgan fingerprint density at radius 3 is 2.81 bits per heavy atom. The van der Waals surface area contributed by atoms with E-state index in [1.54, 1.807) is 25.4 Å². The van der Waals surface area contributed by atoms with Crippen LogP contribution in [0.2, 0.25) is 5.02 Å². The van der Waals surface area contributed by atoms with Gasteiger partial charge in [-0.1, -0.05) is 11.6 Å². The highest BCUT2D eigenvalue weighted by Crippen LogP contribution is 2.32. The summed E-state index contributed by atoms with van der Waals surface area (Å²) in [7, 11) is 1.58. The van der Waals surface area contributed by atoms with Crippen LogP contribution in [-0.4, -0.2) is 32.7 Å². The Morgan fingerprint density at radius 1 is 1.26 bits per heavy atom. The van der Waals surface area contributed by atoms with Crippen molar-refractivity contribution in [1.82, 2.24) is 14.5 Å². The molecule has 0 aliphatic heterocycles. The minimum atomic E-state index is -0.897. The van der Waals surface area contributed by atoms with Crippen molar-refractivity contribution in [3.05, 3.63) is 58.9 Å². The third-order valence-corrected chi connectivity index (χ3v) is 4.84. The van der Waals surface area contributed by atoms with Crippen molar-refractivity contribution in [2.45, 2.75) is 13.3 Å². The monoisotopic (exact) mass is 381 g/mol. The third kappa shape index (κ3) is 2.98. The van der Waals surface area contributed by atoms with Crippen LogP contribution in [0.5, 0.6) is 5.75 Å². The van der Waals surface area contributed by atoms with E-state index in [0.29, 0.717) is 22.3 Å². The molecule has 7 heteroatoms. The number of hydrogen-bond acceptors (Lipinski definition) is 4. The zero-order valence-corrected chi connectivity index (χ0v) is 15.5. The minimum Gasteiger partial charge on any atom is -0.497 e. The Hall–Kier alpha value is -3.12. The number of carbonyl (C=O) groups is 1. The number of aromatic nitrogens is 3. The van der Waals surface area contributed by atoms with Gasteiger partial charge in [-0.05, 0) is 48.9 Å². The Balaban J connectivity index is 2.01. The van der Waals surface area contributed by atoms with Crippen molar-refractivity contribution in [1.29, 1.82) is 0 Å². The van der Waals surface area contributed by atoms with E-state index in [0.717, 1.165) is 27.5 Å². The Labute approximate surface area is 160 Å². The number of carboxylic acid groups (broad SMARTS) is 1. The molecular weight excluding hydrogens is 366 g/mol. The molecule has 0 aliphatic carbocycles. The number of nitrogens with zero attached hydrogens (tertiary/aromatic N) is 3. The molecule has 27 heavy (non-hydrogen) atoms. The molecule has 0 amide bonds. The van der Waals surface area contributed by atoms with Crippen molar-refractivity contribution >= 4 is 39.4 Å². The van der Waals surface area contributed by atoms with Crippen molar-refractivity contribution < 1.29 is 14.6 Å². The third-order valence-electron chi connectivity index (χ3n) is 4.60. The van der Waals surface area contributed by atoms with E-state index in [1.807, 2.05) is 35.8 Å². The minimum absolute atomic E-state index is 0.0953. The van der Waals surface area contributed by atoms with E-state index >= 15 is 0 Å².